The Labute approximate surface area is 203 Å². The molecular weight excluding hydrogens is 446 g/mol. The summed E-state index contributed by atoms with van der Waals surface area (Å²) in [5.41, 5.74) is 4.42. The summed E-state index contributed by atoms with van der Waals surface area (Å²) >= 11 is 0. The number of anilines is 2. The molecule has 0 unspecified atom stereocenters. The first-order valence-corrected chi connectivity index (χ1v) is 12.0. The van der Waals surface area contributed by atoms with E-state index in [2.05, 4.69) is 37.6 Å². The van der Waals surface area contributed by atoms with E-state index in [0.717, 1.165) is 50.3 Å². The summed E-state index contributed by atoms with van der Waals surface area (Å²) < 4.78 is 1.70. The Morgan fingerprint density at radius 1 is 1.14 bits per heavy atom. The van der Waals surface area contributed by atoms with Crippen LogP contribution >= 0.6 is 0 Å². The third-order valence-electron chi connectivity index (χ3n) is 6.91. The minimum atomic E-state index is -0.974. The van der Waals surface area contributed by atoms with Crippen LogP contribution in [-0.4, -0.2) is 80.6 Å². The van der Waals surface area contributed by atoms with E-state index in [-0.39, 0.29) is 17.5 Å². The number of amides is 1. The molecule has 0 spiro atoms. The molecule has 0 radical (unpaired) electrons. The molecule has 2 aromatic heterocycles. The van der Waals surface area contributed by atoms with Gasteiger partial charge in [0.05, 0.1) is 11.3 Å². The average Bonchev–Trinajstić information content (AvgIpc) is 3.59. The van der Waals surface area contributed by atoms with E-state index in [9.17, 15) is 14.7 Å². The summed E-state index contributed by atoms with van der Waals surface area (Å²) in [6, 6.07) is 5.80. The minimum Gasteiger partial charge on any atom is -0.478 e. The third-order valence-corrected chi connectivity index (χ3v) is 6.91. The van der Waals surface area contributed by atoms with Gasteiger partial charge in [0.15, 0.2) is 5.82 Å². The highest BCUT2D eigenvalue weighted by Gasteiger charge is 2.27. The predicted molar refractivity (Wildman–Crippen MR) is 132 cm³/mol. The summed E-state index contributed by atoms with van der Waals surface area (Å²) in [5.74, 6) is -0.560. The zero-order valence-electron chi connectivity index (χ0n) is 20.3. The minimum absolute atomic E-state index is 0.0927. The van der Waals surface area contributed by atoms with E-state index >= 15 is 0 Å². The Morgan fingerprint density at radius 3 is 2.57 bits per heavy atom. The Morgan fingerprint density at radius 2 is 1.89 bits per heavy atom. The number of piperazine rings is 1. The summed E-state index contributed by atoms with van der Waals surface area (Å²) in [7, 11) is 2.09. The van der Waals surface area contributed by atoms with Gasteiger partial charge in [0, 0.05) is 50.0 Å². The van der Waals surface area contributed by atoms with Crippen LogP contribution in [0.4, 0.5) is 11.5 Å². The van der Waals surface area contributed by atoms with E-state index in [1.54, 1.807) is 11.4 Å². The summed E-state index contributed by atoms with van der Waals surface area (Å²) in [5, 5.41) is 20.9. The fourth-order valence-electron chi connectivity index (χ4n) is 4.60. The molecule has 1 amide bonds. The van der Waals surface area contributed by atoms with Crippen LogP contribution in [0.3, 0.4) is 0 Å². The Balaban J connectivity index is 1.51. The number of benzene rings is 1. The molecule has 3 N–H and O–H groups in total. The van der Waals surface area contributed by atoms with Crippen molar-refractivity contribution >= 4 is 28.9 Å². The fourth-order valence-corrected chi connectivity index (χ4v) is 4.60. The first-order valence-electron chi connectivity index (χ1n) is 12.0. The summed E-state index contributed by atoms with van der Waals surface area (Å²) in [6.45, 7) is 7.87. The zero-order chi connectivity index (χ0) is 24.7. The number of aromatic carboxylic acids is 1. The normalized spacial score (nSPS) is 17.0. The zero-order valence-corrected chi connectivity index (χ0v) is 20.3. The molecule has 184 valence electrons. The number of aryl methyl sites for hydroxylation is 2. The predicted octanol–water partition coefficient (Wildman–Crippen LogP) is 2.43. The molecule has 1 aliphatic carbocycles. The van der Waals surface area contributed by atoms with Crippen LogP contribution in [0, 0.1) is 13.8 Å². The third kappa shape index (κ3) is 4.71. The molecule has 1 aliphatic heterocycles. The number of nitrogens with one attached hydrogen (secondary N) is 2. The highest BCUT2D eigenvalue weighted by molar-refractivity contribution is 5.97. The molecule has 10 nitrogen and oxygen atoms in total. The van der Waals surface area contributed by atoms with Gasteiger partial charge in [-0.25, -0.2) is 14.3 Å². The van der Waals surface area contributed by atoms with E-state index in [4.69, 9.17) is 0 Å². The molecule has 1 saturated carbocycles. The van der Waals surface area contributed by atoms with Crippen molar-refractivity contribution in [2.75, 3.05) is 38.5 Å². The second-order valence-electron chi connectivity index (χ2n) is 9.60. The molecule has 2 aliphatic rings. The summed E-state index contributed by atoms with van der Waals surface area (Å²) in [6.07, 6.45) is 3.49. The maximum Gasteiger partial charge on any atom is 0.337 e. The first kappa shape index (κ1) is 23.3. The number of aromatic nitrogens is 3. The van der Waals surface area contributed by atoms with Crippen molar-refractivity contribution < 1.29 is 14.7 Å². The maximum atomic E-state index is 12.6. The van der Waals surface area contributed by atoms with Gasteiger partial charge in [-0.15, -0.1) is 0 Å². The van der Waals surface area contributed by atoms with Crippen LogP contribution in [0.25, 0.3) is 5.52 Å². The van der Waals surface area contributed by atoms with Crippen LogP contribution in [0.1, 0.15) is 50.4 Å². The number of carbonyl (C=O) groups is 2. The quantitative estimate of drug-likeness (QED) is 0.475. The van der Waals surface area contributed by atoms with Crippen LogP contribution in [0.5, 0.6) is 0 Å². The number of carboxylic acids is 1. The van der Waals surface area contributed by atoms with Crippen LogP contribution < -0.4 is 10.6 Å². The number of carbonyl (C=O) groups excluding carboxylic acids is 1. The smallest absolute Gasteiger partial charge is 0.337 e. The standard InChI is InChI=1S/C25H31N7O3/c1-15-4-5-17(24(33)28-18-6-7-18)12-19(15)29-23-22-16(2)21(25(34)35)20(32(22)27-14-26-23)13-31-10-8-30(3)9-11-31/h4-5,12,14,18H,6-11,13H2,1-3H3,(H,28,33)(H,34,35)(H,26,27,29). The second kappa shape index (κ2) is 9.27. The summed E-state index contributed by atoms with van der Waals surface area (Å²) in [4.78, 5) is 33.8. The van der Waals surface area contributed by atoms with Gasteiger partial charge in [-0.3, -0.25) is 9.69 Å². The van der Waals surface area contributed by atoms with Crippen LogP contribution in [0.2, 0.25) is 0 Å². The second-order valence-corrected chi connectivity index (χ2v) is 9.60. The van der Waals surface area contributed by atoms with Gasteiger partial charge < -0.3 is 20.6 Å². The van der Waals surface area contributed by atoms with Crippen molar-refractivity contribution in [3.63, 3.8) is 0 Å². The largest absolute Gasteiger partial charge is 0.478 e. The van der Waals surface area contributed by atoms with Crippen LogP contribution in [-0.2, 0) is 6.54 Å². The van der Waals surface area contributed by atoms with E-state index in [1.165, 1.54) is 6.33 Å². The van der Waals surface area contributed by atoms with Gasteiger partial charge >= 0.3 is 5.97 Å². The lowest BCUT2D eigenvalue weighted by Crippen LogP contribution is -2.44. The lowest BCUT2D eigenvalue weighted by atomic mass is 10.1. The van der Waals surface area contributed by atoms with Crippen molar-refractivity contribution in [1.29, 1.82) is 0 Å². The average molecular weight is 478 g/mol. The number of rotatable bonds is 7. The molecule has 3 aromatic rings. The number of nitrogens with zero attached hydrogens (tertiary/aromatic N) is 5. The number of hydrogen-bond donors (Lipinski definition) is 3. The Bertz CT molecular complexity index is 1290. The molecular formula is C25H31N7O3. The van der Waals surface area contributed by atoms with Gasteiger partial charge in [0.2, 0.25) is 0 Å². The van der Waals surface area contributed by atoms with E-state index in [0.29, 0.717) is 34.7 Å². The molecule has 35 heavy (non-hydrogen) atoms. The van der Waals surface area contributed by atoms with Gasteiger partial charge in [-0.1, -0.05) is 6.07 Å². The Hall–Kier alpha value is -3.50. The van der Waals surface area contributed by atoms with Crippen molar-refractivity contribution in [1.82, 2.24) is 29.7 Å². The lowest BCUT2D eigenvalue weighted by Gasteiger charge is -2.32. The molecule has 1 saturated heterocycles. The molecule has 10 heteroatoms. The number of carboxylic acid groups (broad SMARTS) is 1. The number of likely N-dealkylation sites (N-methyl/N-ethyl adjacent to an activating group) is 1. The molecule has 5 rings (SSSR count). The first-order chi connectivity index (χ1) is 16.8. The fraction of sp³-hybridized carbons (Fsp3) is 0.440. The van der Waals surface area contributed by atoms with Crippen LogP contribution in [0.15, 0.2) is 24.5 Å². The van der Waals surface area contributed by atoms with Crippen molar-refractivity contribution in [3.05, 3.63) is 52.5 Å². The molecule has 1 aromatic carbocycles. The van der Waals surface area contributed by atoms with Crippen molar-refractivity contribution in [2.24, 2.45) is 0 Å². The molecule has 0 bridgehead atoms. The number of fused-ring (bicyclic) bond motifs is 1. The SMILES string of the molecule is Cc1ccc(C(=O)NC2CC2)cc1Nc1ncnn2c(CN3CCN(C)CC3)c(C(=O)O)c(C)c12. The van der Waals surface area contributed by atoms with Gasteiger partial charge in [-0.05, 0) is 57.0 Å². The van der Waals surface area contributed by atoms with Crippen molar-refractivity contribution in [2.45, 2.75) is 39.3 Å². The van der Waals surface area contributed by atoms with Crippen molar-refractivity contribution in [3.8, 4) is 0 Å². The molecule has 3 heterocycles. The van der Waals surface area contributed by atoms with Gasteiger partial charge in [-0.2, -0.15) is 5.10 Å². The van der Waals surface area contributed by atoms with E-state index in [1.807, 2.05) is 25.1 Å². The Kier molecular flexibility index (Phi) is 6.16. The number of hydrogen-bond acceptors (Lipinski definition) is 7. The maximum absolute atomic E-state index is 12.6. The van der Waals surface area contributed by atoms with Gasteiger partial charge in [0.1, 0.15) is 11.8 Å². The van der Waals surface area contributed by atoms with Gasteiger partial charge in [0.25, 0.3) is 5.91 Å². The molecule has 2 fully saturated rings. The van der Waals surface area contributed by atoms with E-state index < -0.39 is 5.97 Å². The molecule has 0 atom stereocenters. The highest BCUT2D eigenvalue weighted by Crippen LogP contribution is 2.31. The highest BCUT2D eigenvalue weighted by atomic mass is 16.4. The lowest BCUT2D eigenvalue weighted by molar-refractivity contribution is 0.0692. The monoisotopic (exact) mass is 477 g/mol. The topological polar surface area (TPSA) is 115 Å².